The van der Waals surface area contributed by atoms with E-state index in [1.807, 2.05) is 0 Å². The second-order valence-electron chi connectivity index (χ2n) is 6.97. The Kier molecular flexibility index (Phi) is 5.70. The number of nitrogens with zero attached hydrogens (tertiary/aromatic N) is 1. The lowest BCUT2D eigenvalue weighted by Crippen LogP contribution is -2.47. The number of rotatable bonds is 5. The van der Waals surface area contributed by atoms with Gasteiger partial charge in [-0.05, 0) is 43.7 Å². The number of hydrogen-bond acceptors (Lipinski definition) is 2. The quantitative estimate of drug-likeness (QED) is 0.885. The molecule has 1 unspecified atom stereocenters. The monoisotopic (exact) mass is 286 g/mol. The Morgan fingerprint density at radius 1 is 0.952 bits per heavy atom. The van der Waals surface area contributed by atoms with Gasteiger partial charge in [-0.15, -0.1) is 0 Å². The molecule has 1 atom stereocenters. The van der Waals surface area contributed by atoms with E-state index in [9.17, 15) is 0 Å². The smallest absolute Gasteiger partial charge is 0.0208 e. The highest BCUT2D eigenvalue weighted by Crippen LogP contribution is 2.25. The molecule has 2 aliphatic rings. The highest BCUT2D eigenvalue weighted by molar-refractivity contribution is 5.14. The minimum absolute atomic E-state index is 0.683. The van der Waals surface area contributed by atoms with Gasteiger partial charge in [0.25, 0.3) is 0 Å². The Bertz CT molecular complexity index is 397. The summed E-state index contributed by atoms with van der Waals surface area (Å²) in [7, 11) is 0. The predicted molar refractivity (Wildman–Crippen MR) is 89.3 cm³/mol. The Morgan fingerprint density at radius 3 is 2.57 bits per heavy atom. The van der Waals surface area contributed by atoms with Crippen molar-refractivity contribution in [2.45, 2.75) is 57.5 Å². The van der Waals surface area contributed by atoms with Crippen molar-refractivity contribution in [3.63, 3.8) is 0 Å². The summed E-state index contributed by atoms with van der Waals surface area (Å²) in [5, 5.41) is 3.76. The van der Waals surface area contributed by atoms with Gasteiger partial charge in [-0.25, -0.2) is 0 Å². The van der Waals surface area contributed by atoms with E-state index < -0.39 is 0 Å². The van der Waals surface area contributed by atoms with Crippen LogP contribution in [0.2, 0.25) is 0 Å². The molecule has 21 heavy (non-hydrogen) atoms. The first-order valence-electron chi connectivity index (χ1n) is 8.90. The van der Waals surface area contributed by atoms with Crippen molar-refractivity contribution < 1.29 is 0 Å². The van der Waals surface area contributed by atoms with E-state index in [1.165, 1.54) is 70.1 Å². The van der Waals surface area contributed by atoms with Crippen molar-refractivity contribution in [2.75, 3.05) is 19.6 Å². The summed E-state index contributed by atoms with van der Waals surface area (Å²) in [5.41, 5.74) is 1.40. The van der Waals surface area contributed by atoms with E-state index in [2.05, 4.69) is 40.5 Å². The summed E-state index contributed by atoms with van der Waals surface area (Å²) in [6.45, 7) is 4.94. The van der Waals surface area contributed by atoms with Crippen molar-refractivity contribution in [1.82, 2.24) is 10.2 Å². The molecule has 2 heteroatoms. The highest BCUT2D eigenvalue weighted by Gasteiger charge is 2.23. The lowest BCUT2D eigenvalue weighted by Gasteiger charge is -2.36. The maximum Gasteiger partial charge on any atom is 0.0208 e. The molecule has 0 spiro atoms. The number of nitrogens with one attached hydrogen (secondary N) is 1. The van der Waals surface area contributed by atoms with Crippen LogP contribution in [-0.4, -0.2) is 30.6 Å². The van der Waals surface area contributed by atoms with E-state index in [4.69, 9.17) is 0 Å². The van der Waals surface area contributed by atoms with Gasteiger partial charge in [0.2, 0.25) is 0 Å². The van der Waals surface area contributed by atoms with Crippen molar-refractivity contribution in [3.05, 3.63) is 35.9 Å². The molecule has 116 valence electrons. The predicted octanol–water partition coefficient (Wildman–Crippen LogP) is 3.82. The van der Waals surface area contributed by atoms with Crippen LogP contribution in [-0.2, 0) is 6.54 Å². The second-order valence-corrected chi connectivity index (χ2v) is 6.97. The largest absolute Gasteiger partial charge is 0.309 e. The molecule has 1 saturated carbocycles. The van der Waals surface area contributed by atoms with E-state index in [0.717, 1.165) is 12.5 Å². The molecule has 1 N–H and O–H groups in total. The van der Waals surface area contributed by atoms with Gasteiger partial charge >= 0.3 is 0 Å². The molecule has 1 aliphatic heterocycles. The summed E-state index contributed by atoms with van der Waals surface area (Å²) in [6.07, 6.45) is 10.0. The molecule has 1 aromatic carbocycles. The molecule has 1 saturated heterocycles. The van der Waals surface area contributed by atoms with Gasteiger partial charge in [-0.2, -0.15) is 0 Å². The van der Waals surface area contributed by atoms with Crippen LogP contribution in [0.3, 0.4) is 0 Å². The minimum Gasteiger partial charge on any atom is -0.309 e. The van der Waals surface area contributed by atoms with Crippen LogP contribution in [0, 0.1) is 5.92 Å². The number of likely N-dealkylation sites (tertiary alicyclic amines) is 1. The fraction of sp³-hybridized carbons (Fsp3) is 0.684. The third-order valence-electron chi connectivity index (χ3n) is 5.18. The molecule has 0 bridgehead atoms. The first kappa shape index (κ1) is 15.1. The normalized spacial score (nSPS) is 25.0. The summed E-state index contributed by atoms with van der Waals surface area (Å²) in [4.78, 5) is 2.72. The zero-order valence-corrected chi connectivity index (χ0v) is 13.3. The molecule has 2 nitrogen and oxygen atoms in total. The molecule has 1 aliphatic carbocycles. The van der Waals surface area contributed by atoms with Crippen LogP contribution in [0.4, 0.5) is 0 Å². The van der Waals surface area contributed by atoms with Crippen molar-refractivity contribution >= 4 is 0 Å². The van der Waals surface area contributed by atoms with E-state index in [-0.39, 0.29) is 0 Å². The topological polar surface area (TPSA) is 15.3 Å². The van der Waals surface area contributed by atoms with E-state index >= 15 is 0 Å². The molecule has 3 rings (SSSR count). The average molecular weight is 286 g/mol. The molecule has 1 heterocycles. The van der Waals surface area contributed by atoms with Gasteiger partial charge in [0.05, 0.1) is 0 Å². The van der Waals surface area contributed by atoms with Gasteiger partial charge in [-0.3, -0.25) is 0 Å². The second kappa shape index (κ2) is 7.95. The van der Waals surface area contributed by atoms with E-state index in [1.54, 1.807) is 0 Å². The summed E-state index contributed by atoms with van der Waals surface area (Å²) >= 11 is 0. The van der Waals surface area contributed by atoms with Crippen molar-refractivity contribution in [2.24, 2.45) is 5.92 Å². The van der Waals surface area contributed by atoms with Crippen LogP contribution in [0.15, 0.2) is 30.3 Å². The molecule has 1 aromatic rings. The van der Waals surface area contributed by atoms with Gasteiger partial charge in [0.15, 0.2) is 0 Å². The van der Waals surface area contributed by atoms with Crippen molar-refractivity contribution in [3.8, 4) is 0 Å². The van der Waals surface area contributed by atoms with E-state index in [0.29, 0.717) is 6.04 Å². The highest BCUT2D eigenvalue weighted by atomic mass is 15.2. The SMILES string of the molecule is c1ccc(CNC2CCCN(CC3CCCCC3)C2)cc1. The number of piperidine rings is 1. The van der Waals surface area contributed by atoms with Crippen LogP contribution in [0.25, 0.3) is 0 Å². The standard InChI is InChI=1S/C19H30N2/c1-3-8-17(9-4-1)14-20-19-12-7-13-21(16-19)15-18-10-5-2-6-11-18/h1,3-4,8-9,18-20H,2,5-7,10-16H2. The third-order valence-corrected chi connectivity index (χ3v) is 5.18. The molecular weight excluding hydrogens is 256 g/mol. The molecule has 0 radical (unpaired) electrons. The van der Waals surface area contributed by atoms with Crippen LogP contribution in [0.1, 0.15) is 50.5 Å². The molecule has 2 fully saturated rings. The number of hydrogen-bond donors (Lipinski definition) is 1. The summed E-state index contributed by atoms with van der Waals surface area (Å²) in [6, 6.07) is 11.5. The first-order chi connectivity index (χ1) is 10.4. The fourth-order valence-corrected chi connectivity index (χ4v) is 3.98. The Balaban J connectivity index is 1.42. The zero-order valence-electron chi connectivity index (χ0n) is 13.3. The van der Waals surface area contributed by atoms with Gasteiger partial charge in [-0.1, -0.05) is 49.6 Å². The first-order valence-corrected chi connectivity index (χ1v) is 8.90. The summed E-state index contributed by atoms with van der Waals surface area (Å²) < 4.78 is 0. The number of benzene rings is 1. The van der Waals surface area contributed by atoms with Crippen LogP contribution < -0.4 is 5.32 Å². The Labute approximate surface area is 129 Å². The van der Waals surface area contributed by atoms with Crippen LogP contribution >= 0.6 is 0 Å². The lowest BCUT2D eigenvalue weighted by molar-refractivity contribution is 0.149. The zero-order chi connectivity index (χ0) is 14.3. The fourth-order valence-electron chi connectivity index (χ4n) is 3.98. The Hall–Kier alpha value is -0.860. The van der Waals surface area contributed by atoms with Gasteiger partial charge in [0, 0.05) is 25.7 Å². The summed E-state index contributed by atoms with van der Waals surface area (Å²) in [5.74, 6) is 0.978. The molecular formula is C19H30N2. The molecule has 0 amide bonds. The third kappa shape index (κ3) is 4.82. The maximum atomic E-state index is 3.76. The minimum atomic E-state index is 0.683. The van der Waals surface area contributed by atoms with Crippen molar-refractivity contribution in [1.29, 1.82) is 0 Å². The lowest BCUT2D eigenvalue weighted by atomic mass is 9.88. The van der Waals surface area contributed by atoms with Gasteiger partial charge < -0.3 is 10.2 Å². The maximum absolute atomic E-state index is 3.76. The average Bonchev–Trinajstić information content (AvgIpc) is 2.55. The van der Waals surface area contributed by atoms with Crippen LogP contribution in [0.5, 0.6) is 0 Å². The molecule has 0 aromatic heterocycles. The Morgan fingerprint density at radius 2 is 1.76 bits per heavy atom. The van der Waals surface area contributed by atoms with Gasteiger partial charge in [0.1, 0.15) is 0 Å².